The molecule has 1 aliphatic heterocycles. The number of nitrogens with zero attached hydrogens (tertiary/aromatic N) is 4. The molecule has 27 heteroatoms. The molecule has 91 heavy (non-hydrogen) atoms. The van der Waals surface area contributed by atoms with Crippen LogP contribution in [0, 0.1) is 12.3 Å². The molecule has 0 radical (unpaired) electrons. The van der Waals surface area contributed by atoms with Crippen molar-refractivity contribution in [1.29, 1.82) is 0 Å². The zero-order valence-corrected chi connectivity index (χ0v) is 53.0. The van der Waals surface area contributed by atoms with E-state index in [2.05, 4.69) is 36.7 Å². The molecule has 3 aromatic carbocycles. The van der Waals surface area contributed by atoms with Gasteiger partial charge in [-0.05, 0) is 84.5 Å². The fourth-order valence-electron chi connectivity index (χ4n) is 10.3. The number of nitrogens with one attached hydrogen (secondary N) is 5. The maximum absolute atomic E-state index is 14.7. The number of aromatic nitrogens is 2. The number of phenolic OH excluding ortho intramolecular Hbond substituents is 1. The first-order valence-electron chi connectivity index (χ1n) is 30.4. The zero-order valence-electron chi connectivity index (χ0n) is 52.1. The molecule has 0 spiro atoms. The number of hydrogen-bond donors (Lipinski definition) is 7. The van der Waals surface area contributed by atoms with E-state index in [1.165, 1.54) is 39.3 Å². The molecule has 5 atom stereocenters. The number of aliphatic hydroxyl groups is 1. The molecule has 0 bridgehead atoms. The van der Waals surface area contributed by atoms with Gasteiger partial charge in [0.1, 0.15) is 23.6 Å². The predicted molar refractivity (Wildman–Crippen MR) is 331 cm³/mol. The van der Waals surface area contributed by atoms with Crippen molar-refractivity contribution in [1.82, 2.24) is 46.5 Å². The third kappa shape index (κ3) is 19.6. The van der Waals surface area contributed by atoms with E-state index < -0.39 is 58.9 Å². The number of thiazole rings is 1. The highest BCUT2D eigenvalue weighted by molar-refractivity contribution is 7.13. The molecule has 1 saturated heterocycles. The minimum absolute atomic E-state index is 0.0463. The number of halogens is 1. The Labute approximate surface area is 531 Å². The summed E-state index contributed by atoms with van der Waals surface area (Å²) in [5, 5.41) is 39.2. The lowest BCUT2D eigenvalue weighted by Gasteiger charge is -2.36. The maximum Gasteiger partial charge on any atom is 0.273 e. The van der Waals surface area contributed by atoms with Gasteiger partial charge in [0.05, 0.1) is 112 Å². The molecule has 7 amide bonds. The van der Waals surface area contributed by atoms with Crippen LogP contribution in [0.5, 0.6) is 11.5 Å². The minimum atomic E-state index is -2.02. The van der Waals surface area contributed by atoms with Crippen LogP contribution >= 0.6 is 11.3 Å². The van der Waals surface area contributed by atoms with Crippen LogP contribution in [0.2, 0.25) is 0 Å². The number of aliphatic hydroxyl groups excluding tert-OH is 1. The fourth-order valence-corrected chi connectivity index (χ4v) is 11.1. The number of aromatic hydroxyl groups is 1. The van der Waals surface area contributed by atoms with Crippen LogP contribution in [-0.4, -0.2) is 202 Å². The number of alkyl halides is 1. The van der Waals surface area contributed by atoms with Gasteiger partial charge in [0.15, 0.2) is 23.7 Å². The number of likely N-dealkylation sites (tertiary alicyclic amines) is 1. The molecule has 3 heterocycles. The molecule has 5 aromatic rings. The molecule has 3 aliphatic rings. The monoisotopic (exact) mass is 1280 g/mol. The summed E-state index contributed by atoms with van der Waals surface area (Å²) in [5.74, 6) is -3.10. The predicted octanol–water partition coefficient (Wildman–Crippen LogP) is 4.53. The Kier molecular flexibility index (Phi) is 24.5. The third-order valence-corrected chi connectivity index (χ3v) is 16.5. The topological polar surface area (TPSA) is 321 Å². The van der Waals surface area contributed by atoms with Gasteiger partial charge in [-0.2, -0.15) is 0 Å². The molecule has 2 aromatic heterocycles. The molecule has 25 nitrogen and oxygen atoms in total. The molecular formula is C64H82FN9O16S. The van der Waals surface area contributed by atoms with Gasteiger partial charge in [-0.3, -0.25) is 33.6 Å². The van der Waals surface area contributed by atoms with Gasteiger partial charge in [-0.1, -0.05) is 62.3 Å². The van der Waals surface area contributed by atoms with Crippen molar-refractivity contribution in [2.24, 2.45) is 5.41 Å². The van der Waals surface area contributed by atoms with Crippen LogP contribution in [0.1, 0.15) is 108 Å². The van der Waals surface area contributed by atoms with Gasteiger partial charge in [-0.25, -0.2) is 9.37 Å². The summed E-state index contributed by atoms with van der Waals surface area (Å²) < 4.78 is 53.9. The highest BCUT2D eigenvalue weighted by atomic mass is 32.1. The van der Waals surface area contributed by atoms with Crippen molar-refractivity contribution in [3.05, 3.63) is 106 Å². The number of carbonyl (C=O) groups excluding carboxylic acids is 7. The lowest BCUT2D eigenvalue weighted by molar-refractivity contribution is -0.145. The fraction of sp³-hybridized carbons (Fsp3) is 0.516. The highest BCUT2D eigenvalue weighted by Gasteiger charge is 2.53. The van der Waals surface area contributed by atoms with Gasteiger partial charge in [0.25, 0.3) is 23.6 Å². The van der Waals surface area contributed by atoms with E-state index in [0.717, 1.165) is 33.7 Å². The molecule has 2 fully saturated rings. The first-order valence-corrected chi connectivity index (χ1v) is 31.3. The second-order valence-corrected chi connectivity index (χ2v) is 24.6. The van der Waals surface area contributed by atoms with E-state index in [9.17, 15) is 48.2 Å². The van der Waals surface area contributed by atoms with Crippen molar-refractivity contribution >= 4 is 52.7 Å². The zero-order chi connectivity index (χ0) is 65.2. The Morgan fingerprint density at radius 3 is 2.03 bits per heavy atom. The number of carbonyl (C=O) groups is 7. The Morgan fingerprint density at radius 1 is 0.813 bits per heavy atom. The first kappa shape index (κ1) is 69.0. The molecule has 2 aliphatic carbocycles. The van der Waals surface area contributed by atoms with E-state index in [1.807, 2.05) is 43.3 Å². The lowest BCUT2D eigenvalue weighted by atomic mass is 9.85. The number of benzene rings is 3. The van der Waals surface area contributed by atoms with Crippen LogP contribution < -0.4 is 31.3 Å². The Balaban J connectivity index is 0.644. The minimum Gasteiger partial charge on any atom is -0.507 e. The summed E-state index contributed by atoms with van der Waals surface area (Å²) in [5.41, 5.74) is 3.83. The molecular weight excluding hydrogens is 1200 g/mol. The Hall–Kier alpha value is -7.92. The summed E-state index contributed by atoms with van der Waals surface area (Å²) >= 11 is 1.49. The van der Waals surface area contributed by atoms with Crippen molar-refractivity contribution in [3.8, 4) is 33.3 Å². The summed E-state index contributed by atoms with van der Waals surface area (Å²) in [7, 11) is 3.17. The van der Waals surface area contributed by atoms with Crippen LogP contribution in [0.3, 0.4) is 0 Å². The van der Waals surface area contributed by atoms with Gasteiger partial charge >= 0.3 is 0 Å². The van der Waals surface area contributed by atoms with Crippen LogP contribution in [-0.2, 0) is 54.1 Å². The quantitative estimate of drug-likeness (QED) is 0.0278. The number of ether oxygens (including phenoxy) is 6. The number of β-amino-alcohol motifs (C(OH)–C–C–N with tert-alkyl or cyclic N) is 1. The SMILES string of the molecule is Cc1ncsc1-c1ccc([C@H](CC(=O)NCCOCCOCCOCCOCCOCCNC(=O)COc2ccc3c(c2)[C@H](NC(=O)c2cc(-c4ccc(C(=O)N(C)C)c(O)c4)on2)CC3)NC(=O)[C@@H]2C[C@@H](O)CN2C(=O)[C@@H](NC(=O)C2(F)CC2)C(C)(C)C)cc1. The van der Waals surface area contributed by atoms with Crippen molar-refractivity contribution < 1.29 is 81.1 Å². The second kappa shape index (κ2) is 32.4. The standard InChI is InChI=1S/C64H82FN9O16S/c1-39-56(91-38-68-39)42-9-7-41(8-10-42)49(70-59(80)51-32-44(75)36-74(51)61(82)57(63(2,3)4)71-62(83)64(65)17-18-64)35-54(77)66-19-21-84-23-25-86-27-29-88-30-28-87-26-24-85-22-20-67-55(78)37-89-45-14-11-40-13-16-48(47(40)33-45)69-58(79)50-34-53(90-72-50)43-12-15-46(52(76)31-43)60(81)73(5)6/h7-12,14-15,31,33-34,38,44,48-49,51,57,75-76H,13,16-30,32,35-37H2,1-6H3,(H,66,77)(H,67,78)(H,69,79)(H,70,80)(H,71,83)/t44-,48-,49+,51+,57-/m1/s1. The molecule has 1 saturated carbocycles. The smallest absolute Gasteiger partial charge is 0.273 e. The number of phenols is 1. The van der Waals surface area contributed by atoms with Crippen molar-refractivity contribution in [2.45, 2.75) is 102 Å². The molecule has 492 valence electrons. The second-order valence-electron chi connectivity index (χ2n) is 23.8. The van der Waals surface area contributed by atoms with E-state index in [1.54, 1.807) is 52.5 Å². The average Bonchev–Trinajstić information content (AvgIpc) is 1.72. The summed E-state index contributed by atoms with van der Waals surface area (Å²) in [4.78, 5) is 100. The first-order chi connectivity index (χ1) is 43.6. The summed E-state index contributed by atoms with van der Waals surface area (Å²) in [6.45, 7) is 10.2. The molecule has 8 rings (SSSR count). The Bertz CT molecular complexity index is 3310. The molecule has 0 unspecified atom stereocenters. The van der Waals surface area contributed by atoms with E-state index in [4.69, 9.17) is 32.9 Å². The number of aryl methyl sites for hydroxylation is 2. The van der Waals surface area contributed by atoms with E-state index in [-0.39, 0.29) is 118 Å². The number of rotatable bonds is 34. The van der Waals surface area contributed by atoms with Gasteiger partial charge in [0.2, 0.25) is 17.7 Å². The molecule has 7 N–H and O–H groups in total. The third-order valence-electron chi connectivity index (χ3n) is 15.5. The Morgan fingerprint density at radius 2 is 1.44 bits per heavy atom. The van der Waals surface area contributed by atoms with Crippen LogP contribution in [0.4, 0.5) is 4.39 Å². The average molecular weight is 1280 g/mol. The number of hydrogen-bond acceptors (Lipinski definition) is 19. The highest BCUT2D eigenvalue weighted by Crippen LogP contribution is 2.41. The number of amides is 7. The van der Waals surface area contributed by atoms with Gasteiger partial charge in [0, 0.05) is 51.8 Å². The van der Waals surface area contributed by atoms with E-state index >= 15 is 0 Å². The number of fused-ring (bicyclic) bond motifs is 1. The van der Waals surface area contributed by atoms with Gasteiger partial charge < -0.3 is 79.5 Å². The summed E-state index contributed by atoms with van der Waals surface area (Å²) in [6, 6.07) is 15.4. The van der Waals surface area contributed by atoms with Crippen LogP contribution in [0.25, 0.3) is 21.8 Å². The maximum atomic E-state index is 14.7. The lowest BCUT2D eigenvalue weighted by Crippen LogP contribution is -2.59. The van der Waals surface area contributed by atoms with Crippen molar-refractivity contribution in [3.63, 3.8) is 0 Å². The van der Waals surface area contributed by atoms with Gasteiger partial charge in [-0.15, -0.1) is 11.3 Å². The van der Waals surface area contributed by atoms with Crippen LogP contribution in [0.15, 0.2) is 76.8 Å². The normalized spacial score (nSPS) is 17.1. The van der Waals surface area contributed by atoms with E-state index in [0.29, 0.717) is 69.5 Å². The summed E-state index contributed by atoms with van der Waals surface area (Å²) in [6.07, 6.45) is 0.263. The largest absolute Gasteiger partial charge is 0.507 e. The van der Waals surface area contributed by atoms with Crippen molar-refractivity contribution in [2.75, 3.05) is 106 Å².